The summed E-state index contributed by atoms with van der Waals surface area (Å²) in [6, 6.07) is 13.2. The number of hydrazone groups is 1. The Labute approximate surface area is 115 Å². The van der Waals surface area contributed by atoms with Gasteiger partial charge in [0.1, 0.15) is 0 Å². The number of allylic oxidation sites excluding steroid dienone is 1. The third-order valence-electron chi connectivity index (χ3n) is 2.50. The molecule has 2 aromatic carbocycles. The van der Waals surface area contributed by atoms with E-state index in [4.69, 9.17) is 17.3 Å². The molecular weight excluding hydrogens is 262 g/mol. The summed E-state index contributed by atoms with van der Waals surface area (Å²) in [5, 5.41) is 6.38. The second kappa shape index (κ2) is 6.02. The Morgan fingerprint density at radius 3 is 2.68 bits per heavy atom. The number of nitrogens with one attached hydrogen (secondary N) is 1. The SMILES string of the molecule is NC(=O)N/N=C/C=C(\Cl)c1ccc2ccccc2c1. The minimum Gasteiger partial charge on any atom is -0.350 e. The molecule has 2 amide bonds. The summed E-state index contributed by atoms with van der Waals surface area (Å²) >= 11 is 6.15. The molecule has 0 heterocycles. The average Bonchev–Trinajstić information content (AvgIpc) is 2.42. The van der Waals surface area contributed by atoms with Crippen LogP contribution in [-0.4, -0.2) is 12.2 Å². The lowest BCUT2D eigenvalue weighted by atomic mass is 10.1. The number of nitrogens with two attached hydrogens (primary N) is 1. The first-order chi connectivity index (χ1) is 9.16. The van der Waals surface area contributed by atoms with Crippen LogP contribution in [0.2, 0.25) is 0 Å². The summed E-state index contributed by atoms with van der Waals surface area (Å²) in [7, 11) is 0. The Morgan fingerprint density at radius 2 is 1.95 bits per heavy atom. The fourth-order valence-electron chi connectivity index (χ4n) is 1.64. The number of nitrogens with zero attached hydrogens (tertiary/aromatic N) is 1. The molecule has 2 rings (SSSR count). The molecule has 0 aliphatic carbocycles. The van der Waals surface area contributed by atoms with E-state index in [-0.39, 0.29) is 0 Å². The molecule has 0 atom stereocenters. The average molecular weight is 274 g/mol. The lowest BCUT2D eigenvalue weighted by Crippen LogP contribution is -2.24. The third-order valence-corrected chi connectivity index (χ3v) is 2.84. The van der Waals surface area contributed by atoms with Crippen molar-refractivity contribution in [2.24, 2.45) is 10.8 Å². The maximum Gasteiger partial charge on any atom is 0.332 e. The predicted octanol–water partition coefficient (Wildman–Crippen LogP) is 3.07. The Kier molecular flexibility index (Phi) is 4.15. The van der Waals surface area contributed by atoms with Crippen LogP contribution in [-0.2, 0) is 0 Å². The van der Waals surface area contributed by atoms with Crippen molar-refractivity contribution >= 4 is 39.7 Å². The first kappa shape index (κ1) is 13.1. The monoisotopic (exact) mass is 273 g/mol. The van der Waals surface area contributed by atoms with E-state index < -0.39 is 6.03 Å². The van der Waals surface area contributed by atoms with Crippen molar-refractivity contribution in [2.75, 3.05) is 0 Å². The van der Waals surface area contributed by atoms with Gasteiger partial charge in [-0.05, 0) is 28.5 Å². The molecule has 0 aliphatic heterocycles. The molecule has 5 heteroatoms. The number of benzene rings is 2. The summed E-state index contributed by atoms with van der Waals surface area (Å²) in [6.45, 7) is 0. The maximum atomic E-state index is 10.4. The van der Waals surface area contributed by atoms with Gasteiger partial charge in [-0.3, -0.25) is 0 Å². The molecule has 0 spiro atoms. The molecule has 0 aromatic heterocycles. The zero-order valence-electron chi connectivity index (χ0n) is 10.0. The van der Waals surface area contributed by atoms with Gasteiger partial charge < -0.3 is 5.73 Å². The van der Waals surface area contributed by atoms with Crippen LogP contribution in [0.5, 0.6) is 0 Å². The lowest BCUT2D eigenvalue weighted by Gasteiger charge is -2.01. The van der Waals surface area contributed by atoms with Crippen LogP contribution in [0.25, 0.3) is 15.8 Å². The Morgan fingerprint density at radius 1 is 1.21 bits per heavy atom. The molecule has 0 aliphatic rings. The molecule has 0 saturated heterocycles. The topological polar surface area (TPSA) is 67.5 Å². The Balaban J connectivity index is 2.21. The van der Waals surface area contributed by atoms with E-state index in [1.165, 1.54) is 6.21 Å². The van der Waals surface area contributed by atoms with Crippen LogP contribution in [0.3, 0.4) is 0 Å². The predicted molar refractivity (Wildman–Crippen MR) is 79.0 cm³/mol. The van der Waals surface area contributed by atoms with E-state index in [0.29, 0.717) is 5.03 Å². The van der Waals surface area contributed by atoms with Gasteiger partial charge in [-0.15, -0.1) is 0 Å². The van der Waals surface area contributed by atoms with E-state index in [0.717, 1.165) is 16.3 Å². The highest BCUT2D eigenvalue weighted by molar-refractivity contribution is 6.49. The van der Waals surface area contributed by atoms with Crippen molar-refractivity contribution in [1.82, 2.24) is 5.43 Å². The second-order valence-corrected chi connectivity index (χ2v) is 4.24. The van der Waals surface area contributed by atoms with Gasteiger partial charge in [-0.1, -0.05) is 48.0 Å². The number of fused-ring (bicyclic) bond motifs is 1. The van der Waals surface area contributed by atoms with Gasteiger partial charge in [-0.25, -0.2) is 10.2 Å². The van der Waals surface area contributed by atoms with Gasteiger partial charge in [0.05, 0.1) is 0 Å². The molecule has 19 heavy (non-hydrogen) atoms. The van der Waals surface area contributed by atoms with Gasteiger partial charge in [0.2, 0.25) is 0 Å². The third kappa shape index (κ3) is 3.56. The van der Waals surface area contributed by atoms with Crippen LogP contribution in [0.1, 0.15) is 5.56 Å². The number of amides is 2. The first-order valence-electron chi connectivity index (χ1n) is 5.60. The van der Waals surface area contributed by atoms with Gasteiger partial charge in [0.15, 0.2) is 0 Å². The highest BCUT2D eigenvalue weighted by atomic mass is 35.5. The van der Waals surface area contributed by atoms with Crippen LogP contribution in [0.15, 0.2) is 53.6 Å². The molecule has 3 N–H and O–H groups in total. The van der Waals surface area contributed by atoms with E-state index in [2.05, 4.69) is 10.5 Å². The standard InChI is InChI=1S/C14H12ClN3O/c15-13(7-8-17-18-14(16)19)12-6-5-10-3-1-2-4-11(10)9-12/h1-9H,(H3,16,18,19)/b13-7-,17-8+. The van der Waals surface area contributed by atoms with Gasteiger partial charge in [0.25, 0.3) is 0 Å². The highest BCUT2D eigenvalue weighted by Crippen LogP contribution is 2.23. The quantitative estimate of drug-likeness (QED) is 0.655. The van der Waals surface area contributed by atoms with Crippen LogP contribution < -0.4 is 11.2 Å². The van der Waals surface area contributed by atoms with Crippen LogP contribution in [0, 0.1) is 0 Å². The number of urea groups is 1. The number of primary amides is 1. The van der Waals surface area contributed by atoms with Crippen molar-refractivity contribution in [3.05, 3.63) is 54.1 Å². The van der Waals surface area contributed by atoms with Crippen LogP contribution in [0.4, 0.5) is 4.79 Å². The zero-order chi connectivity index (χ0) is 13.7. The molecule has 0 bridgehead atoms. The summed E-state index contributed by atoms with van der Waals surface area (Å²) in [6.07, 6.45) is 2.96. The zero-order valence-corrected chi connectivity index (χ0v) is 10.8. The normalized spacial score (nSPS) is 11.9. The number of carbonyl (C=O) groups is 1. The van der Waals surface area contributed by atoms with Crippen molar-refractivity contribution < 1.29 is 4.79 Å². The fourth-order valence-corrected chi connectivity index (χ4v) is 1.81. The molecule has 4 nitrogen and oxygen atoms in total. The maximum absolute atomic E-state index is 10.4. The van der Waals surface area contributed by atoms with Crippen molar-refractivity contribution in [3.63, 3.8) is 0 Å². The highest BCUT2D eigenvalue weighted by Gasteiger charge is 1.99. The lowest BCUT2D eigenvalue weighted by molar-refractivity contribution is 0.249. The van der Waals surface area contributed by atoms with E-state index in [9.17, 15) is 4.79 Å². The fraction of sp³-hybridized carbons (Fsp3) is 0. The minimum absolute atomic E-state index is 0.528. The summed E-state index contributed by atoms with van der Waals surface area (Å²) in [5.41, 5.74) is 7.83. The van der Waals surface area contributed by atoms with Crippen molar-refractivity contribution in [1.29, 1.82) is 0 Å². The van der Waals surface area contributed by atoms with E-state index >= 15 is 0 Å². The van der Waals surface area contributed by atoms with E-state index in [1.807, 2.05) is 42.5 Å². The summed E-state index contributed by atoms with van der Waals surface area (Å²) in [5.74, 6) is 0. The molecule has 0 unspecified atom stereocenters. The van der Waals surface area contributed by atoms with Gasteiger partial charge in [-0.2, -0.15) is 5.10 Å². The van der Waals surface area contributed by atoms with Crippen LogP contribution >= 0.6 is 11.6 Å². The minimum atomic E-state index is -0.716. The largest absolute Gasteiger partial charge is 0.350 e. The van der Waals surface area contributed by atoms with Crippen molar-refractivity contribution in [3.8, 4) is 0 Å². The molecule has 0 fully saturated rings. The molecule has 0 radical (unpaired) electrons. The number of carbonyl (C=O) groups excluding carboxylic acids is 1. The second-order valence-electron chi connectivity index (χ2n) is 3.83. The smallest absolute Gasteiger partial charge is 0.332 e. The Bertz CT molecular complexity index is 665. The number of hydrogen-bond acceptors (Lipinski definition) is 2. The summed E-state index contributed by atoms with van der Waals surface area (Å²) in [4.78, 5) is 10.4. The summed E-state index contributed by atoms with van der Waals surface area (Å²) < 4.78 is 0. The first-order valence-corrected chi connectivity index (χ1v) is 5.98. The molecular formula is C14H12ClN3O. The number of hydrogen-bond donors (Lipinski definition) is 2. The van der Waals surface area contributed by atoms with Gasteiger partial charge in [0, 0.05) is 11.2 Å². The molecule has 96 valence electrons. The Hall–Kier alpha value is -2.33. The van der Waals surface area contributed by atoms with Crippen molar-refractivity contribution in [2.45, 2.75) is 0 Å². The molecule has 2 aromatic rings. The van der Waals surface area contributed by atoms with E-state index in [1.54, 1.807) is 6.08 Å². The number of rotatable bonds is 3. The van der Waals surface area contributed by atoms with Gasteiger partial charge >= 0.3 is 6.03 Å². The number of halogens is 1. The molecule has 0 saturated carbocycles.